The van der Waals surface area contributed by atoms with Crippen molar-refractivity contribution in [3.8, 4) is 6.07 Å². The number of carbonyl (C=O) groups is 1. The molecule has 1 heterocycles. The van der Waals surface area contributed by atoms with Crippen LogP contribution in [0.4, 0.5) is 5.69 Å². The Kier molecular flexibility index (Phi) is 7.00. The summed E-state index contributed by atoms with van der Waals surface area (Å²) in [5, 5.41) is 9.34. The van der Waals surface area contributed by atoms with Gasteiger partial charge in [-0.05, 0) is 48.5 Å². The number of hydrogen-bond acceptors (Lipinski definition) is 5. The smallest absolute Gasteiger partial charge is 0.264 e. The third kappa shape index (κ3) is 5.26. The van der Waals surface area contributed by atoms with Gasteiger partial charge in [-0.1, -0.05) is 23.7 Å². The highest BCUT2D eigenvalue weighted by atomic mass is 35.5. The summed E-state index contributed by atoms with van der Waals surface area (Å²) in [7, 11) is -2.50. The molecule has 0 saturated carbocycles. The van der Waals surface area contributed by atoms with E-state index in [4.69, 9.17) is 21.3 Å². The van der Waals surface area contributed by atoms with Crippen LogP contribution >= 0.6 is 11.6 Å². The van der Waals surface area contributed by atoms with Crippen molar-refractivity contribution in [1.82, 2.24) is 4.90 Å². The molecule has 31 heavy (non-hydrogen) atoms. The van der Waals surface area contributed by atoms with E-state index < -0.39 is 15.9 Å². The third-order valence-electron chi connectivity index (χ3n) is 4.62. The lowest BCUT2D eigenvalue weighted by molar-refractivity contribution is 0.0735. The molecule has 0 aliphatic carbocycles. The highest BCUT2D eigenvalue weighted by Crippen LogP contribution is 2.25. The molecule has 0 spiro atoms. The Morgan fingerprint density at radius 2 is 1.90 bits per heavy atom. The fourth-order valence-corrected chi connectivity index (χ4v) is 4.39. The molecular formula is C22H20ClN3O4S. The molecule has 0 N–H and O–H groups in total. The molecule has 0 radical (unpaired) electrons. The third-order valence-corrected chi connectivity index (χ3v) is 6.64. The van der Waals surface area contributed by atoms with Crippen molar-refractivity contribution in [2.45, 2.75) is 17.9 Å². The zero-order valence-electron chi connectivity index (χ0n) is 16.7. The van der Waals surface area contributed by atoms with Crippen LogP contribution in [0.1, 0.15) is 22.5 Å². The summed E-state index contributed by atoms with van der Waals surface area (Å²) >= 11 is 5.98. The predicted octanol–water partition coefficient (Wildman–Crippen LogP) is 4.31. The predicted molar refractivity (Wildman–Crippen MR) is 117 cm³/mol. The molecule has 0 bridgehead atoms. The molecule has 1 aromatic heterocycles. The summed E-state index contributed by atoms with van der Waals surface area (Å²) in [4.78, 5) is 14.5. The molecule has 0 saturated heterocycles. The second-order valence-electron chi connectivity index (χ2n) is 6.69. The van der Waals surface area contributed by atoms with Crippen LogP contribution < -0.4 is 4.31 Å². The van der Waals surface area contributed by atoms with Crippen molar-refractivity contribution in [3.63, 3.8) is 0 Å². The average molecular weight is 458 g/mol. The van der Waals surface area contributed by atoms with Gasteiger partial charge in [0, 0.05) is 24.2 Å². The molecule has 0 atom stereocenters. The number of anilines is 1. The van der Waals surface area contributed by atoms with Gasteiger partial charge in [0.15, 0.2) is 0 Å². The first-order valence-corrected chi connectivity index (χ1v) is 11.2. The Morgan fingerprint density at radius 1 is 1.13 bits per heavy atom. The van der Waals surface area contributed by atoms with Gasteiger partial charge in [0.25, 0.3) is 15.9 Å². The number of sulfonamides is 1. The molecule has 1 amide bonds. The first-order chi connectivity index (χ1) is 14.8. The van der Waals surface area contributed by atoms with Gasteiger partial charge in [0.2, 0.25) is 0 Å². The Balaban J connectivity index is 1.90. The van der Waals surface area contributed by atoms with Crippen LogP contribution in [0.2, 0.25) is 5.02 Å². The van der Waals surface area contributed by atoms with Crippen molar-refractivity contribution in [2.24, 2.45) is 0 Å². The number of furan rings is 1. The maximum atomic E-state index is 13.1. The number of nitriles is 1. The molecule has 2 aromatic carbocycles. The van der Waals surface area contributed by atoms with E-state index in [1.165, 1.54) is 36.4 Å². The molecule has 0 aliphatic heterocycles. The number of nitrogens with zero attached hydrogens (tertiary/aromatic N) is 3. The molecular weight excluding hydrogens is 438 g/mol. The van der Waals surface area contributed by atoms with Crippen LogP contribution in [0.3, 0.4) is 0 Å². The summed E-state index contributed by atoms with van der Waals surface area (Å²) in [5.41, 5.74) is 0.600. The van der Waals surface area contributed by atoms with Gasteiger partial charge in [-0.3, -0.25) is 9.10 Å². The molecule has 0 aliphatic rings. The van der Waals surface area contributed by atoms with Gasteiger partial charge in [-0.2, -0.15) is 5.26 Å². The number of hydrogen-bond donors (Lipinski definition) is 0. The number of amides is 1. The fraction of sp³-hybridized carbons (Fsp3) is 0.182. The van der Waals surface area contributed by atoms with E-state index in [1.54, 1.807) is 42.5 Å². The quantitative estimate of drug-likeness (QED) is 0.502. The summed E-state index contributed by atoms with van der Waals surface area (Å²) in [6.07, 6.45) is 1.64. The zero-order valence-corrected chi connectivity index (χ0v) is 18.3. The van der Waals surface area contributed by atoms with E-state index >= 15 is 0 Å². The first kappa shape index (κ1) is 22.4. The van der Waals surface area contributed by atoms with E-state index in [0.29, 0.717) is 16.5 Å². The molecule has 0 fully saturated rings. The molecule has 3 aromatic rings. The summed E-state index contributed by atoms with van der Waals surface area (Å²) < 4.78 is 32.7. The highest BCUT2D eigenvalue weighted by molar-refractivity contribution is 7.92. The minimum absolute atomic E-state index is 0.0287. The molecule has 7 nitrogen and oxygen atoms in total. The van der Waals surface area contributed by atoms with Gasteiger partial charge in [-0.25, -0.2) is 8.42 Å². The van der Waals surface area contributed by atoms with Gasteiger partial charge in [-0.15, -0.1) is 0 Å². The van der Waals surface area contributed by atoms with Crippen LogP contribution in [0, 0.1) is 11.3 Å². The van der Waals surface area contributed by atoms with Crippen LogP contribution in [-0.4, -0.2) is 32.8 Å². The Labute approximate surface area is 186 Å². The van der Waals surface area contributed by atoms with Crippen LogP contribution in [0.15, 0.2) is 76.2 Å². The fourth-order valence-electron chi connectivity index (χ4n) is 2.97. The average Bonchev–Trinajstić information content (AvgIpc) is 3.29. The normalized spacial score (nSPS) is 11.0. The van der Waals surface area contributed by atoms with Crippen LogP contribution in [0.25, 0.3) is 0 Å². The van der Waals surface area contributed by atoms with Crippen LogP contribution in [-0.2, 0) is 16.6 Å². The monoisotopic (exact) mass is 457 g/mol. The SMILES string of the molecule is CN(c1cccc(Cl)c1)S(=O)(=O)c1cccc(C(=O)N(CCC#N)Cc2ccco2)c1. The van der Waals surface area contributed by atoms with Crippen molar-refractivity contribution in [2.75, 3.05) is 17.9 Å². The first-order valence-electron chi connectivity index (χ1n) is 9.36. The zero-order chi connectivity index (χ0) is 22.4. The van der Waals surface area contributed by atoms with E-state index in [1.807, 2.05) is 6.07 Å². The van der Waals surface area contributed by atoms with Crippen molar-refractivity contribution < 1.29 is 17.6 Å². The van der Waals surface area contributed by atoms with Crippen molar-refractivity contribution in [3.05, 3.63) is 83.3 Å². The second kappa shape index (κ2) is 9.69. The lowest BCUT2D eigenvalue weighted by Crippen LogP contribution is -2.32. The minimum Gasteiger partial charge on any atom is -0.467 e. The summed E-state index contributed by atoms with van der Waals surface area (Å²) in [6.45, 7) is 0.363. The lowest BCUT2D eigenvalue weighted by atomic mass is 10.2. The number of halogens is 1. The number of carbonyl (C=O) groups excluding carboxylic acids is 1. The van der Waals surface area contributed by atoms with Crippen molar-refractivity contribution >= 4 is 33.2 Å². The maximum Gasteiger partial charge on any atom is 0.264 e. The highest BCUT2D eigenvalue weighted by Gasteiger charge is 2.24. The lowest BCUT2D eigenvalue weighted by Gasteiger charge is -2.22. The van der Waals surface area contributed by atoms with Crippen LogP contribution in [0.5, 0.6) is 0 Å². The Bertz CT molecular complexity index is 1200. The maximum absolute atomic E-state index is 13.1. The molecule has 3 rings (SSSR count). The van der Waals surface area contributed by atoms with E-state index in [-0.39, 0.29) is 30.0 Å². The minimum atomic E-state index is -3.92. The molecule has 160 valence electrons. The molecule has 0 unspecified atom stereocenters. The van der Waals surface area contributed by atoms with E-state index in [2.05, 4.69) is 0 Å². The molecule has 9 heteroatoms. The summed E-state index contributed by atoms with van der Waals surface area (Å²) in [5.74, 6) is 0.171. The van der Waals surface area contributed by atoms with Gasteiger partial charge in [0.1, 0.15) is 5.76 Å². The largest absolute Gasteiger partial charge is 0.467 e. The number of benzene rings is 2. The Morgan fingerprint density at radius 3 is 2.58 bits per heavy atom. The topological polar surface area (TPSA) is 94.6 Å². The standard InChI is InChI=1S/C22H20ClN3O4S/c1-25(19-8-3-7-18(23)15-19)31(28,29)21-10-2-6-17(14-21)22(27)26(12-5-11-24)16-20-9-4-13-30-20/h2-4,6-10,13-15H,5,12,16H2,1H3. The van der Waals surface area contributed by atoms with Gasteiger partial charge in [0.05, 0.1) is 35.9 Å². The van der Waals surface area contributed by atoms with E-state index in [9.17, 15) is 13.2 Å². The number of rotatable bonds is 8. The Hall–Kier alpha value is -3.28. The van der Waals surface area contributed by atoms with Gasteiger partial charge >= 0.3 is 0 Å². The van der Waals surface area contributed by atoms with E-state index in [0.717, 1.165) is 4.31 Å². The second-order valence-corrected chi connectivity index (χ2v) is 9.10. The summed E-state index contributed by atoms with van der Waals surface area (Å²) in [6, 6.07) is 17.8. The van der Waals surface area contributed by atoms with Crippen molar-refractivity contribution in [1.29, 1.82) is 5.26 Å². The van der Waals surface area contributed by atoms with Gasteiger partial charge < -0.3 is 9.32 Å².